The molecule has 0 radical (unpaired) electrons. The van der Waals surface area contributed by atoms with Crippen molar-refractivity contribution in [1.82, 2.24) is 24.6 Å². The van der Waals surface area contributed by atoms with Crippen LogP contribution < -0.4 is 0 Å². The van der Waals surface area contributed by atoms with Crippen LogP contribution in [0.5, 0.6) is 0 Å². The number of rotatable bonds is 2. The third kappa shape index (κ3) is 4.86. The average Bonchev–Trinajstić information content (AvgIpc) is 3.16. The van der Waals surface area contributed by atoms with Crippen LogP contribution in [0.1, 0.15) is 40.7 Å². The molecular weight excluding hydrogens is 393 g/mol. The zero-order valence-electron chi connectivity index (χ0n) is 17.5. The number of pyridine rings is 1. The summed E-state index contributed by atoms with van der Waals surface area (Å²) in [5.74, 6) is 6.34. The first kappa shape index (κ1) is 20.5. The molecule has 3 aromatic rings. The van der Waals surface area contributed by atoms with E-state index in [0.29, 0.717) is 24.6 Å². The quantitative estimate of drug-likeness (QED) is 0.600. The number of piperidine rings is 1. The maximum Gasteiger partial charge on any atom is 0.293 e. The number of aromatic nitrogens is 4. The molecule has 0 spiro atoms. The number of nitrogens with zero attached hydrogens (tertiary/aromatic N) is 5. The zero-order chi connectivity index (χ0) is 21.8. The fourth-order valence-corrected chi connectivity index (χ4v) is 3.42. The van der Waals surface area contributed by atoms with Crippen LogP contribution in [0.2, 0.25) is 0 Å². The summed E-state index contributed by atoms with van der Waals surface area (Å²) in [4.78, 5) is 23.3. The highest BCUT2D eigenvalue weighted by atomic mass is 19.1. The zero-order valence-corrected chi connectivity index (χ0v) is 17.5. The molecule has 1 amide bonds. The van der Waals surface area contributed by atoms with E-state index in [1.54, 1.807) is 28.6 Å². The van der Waals surface area contributed by atoms with Gasteiger partial charge in [0, 0.05) is 18.8 Å². The lowest BCUT2D eigenvalue weighted by atomic mass is 10.0. The summed E-state index contributed by atoms with van der Waals surface area (Å²) in [5.41, 5.74) is 3.57. The summed E-state index contributed by atoms with van der Waals surface area (Å²) in [7, 11) is 0. The summed E-state index contributed by atoms with van der Waals surface area (Å²) in [6, 6.07) is 11.7. The molecule has 3 heterocycles. The van der Waals surface area contributed by atoms with E-state index in [1.165, 1.54) is 17.7 Å². The first-order valence-corrected chi connectivity index (χ1v) is 10.1. The number of amides is 1. The second kappa shape index (κ2) is 8.92. The van der Waals surface area contributed by atoms with Crippen LogP contribution in [0.4, 0.5) is 4.39 Å². The Kier molecular flexibility index (Phi) is 5.89. The Morgan fingerprint density at radius 2 is 1.81 bits per heavy atom. The number of benzene rings is 1. The highest BCUT2D eigenvalue weighted by Crippen LogP contribution is 2.18. The van der Waals surface area contributed by atoms with Gasteiger partial charge in [-0.15, -0.1) is 5.10 Å². The molecule has 0 unspecified atom stereocenters. The minimum Gasteiger partial charge on any atom is -0.335 e. The second-order valence-corrected chi connectivity index (χ2v) is 7.40. The summed E-state index contributed by atoms with van der Waals surface area (Å²) < 4.78 is 14.7. The summed E-state index contributed by atoms with van der Waals surface area (Å²) in [6.07, 6.45) is 3.45. The molecule has 1 fully saturated rings. The molecule has 7 heteroatoms. The normalized spacial score (nSPS) is 13.5. The van der Waals surface area contributed by atoms with Gasteiger partial charge in [-0.1, -0.05) is 17.6 Å². The van der Waals surface area contributed by atoms with E-state index in [9.17, 15) is 9.18 Å². The Labute approximate surface area is 180 Å². The van der Waals surface area contributed by atoms with Crippen molar-refractivity contribution in [2.75, 3.05) is 13.1 Å². The molecule has 0 N–H and O–H groups in total. The summed E-state index contributed by atoms with van der Waals surface area (Å²) >= 11 is 0. The van der Waals surface area contributed by atoms with Crippen molar-refractivity contribution in [2.24, 2.45) is 0 Å². The summed E-state index contributed by atoms with van der Waals surface area (Å²) in [5, 5.41) is 4.34. The average molecular weight is 415 g/mol. The molecule has 4 rings (SSSR count). The number of hydrogen-bond donors (Lipinski definition) is 0. The molecule has 0 bridgehead atoms. The number of likely N-dealkylation sites (tertiary alicyclic amines) is 1. The Hall–Kier alpha value is -3.79. The number of carbonyl (C=O) groups excluding carboxylic acids is 1. The van der Waals surface area contributed by atoms with Crippen molar-refractivity contribution in [2.45, 2.75) is 26.7 Å². The Morgan fingerprint density at radius 1 is 1.06 bits per heavy atom. The van der Waals surface area contributed by atoms with Gasteiger partial charge in [-0.3, -0.25) is 4.79 Å². The number of halogens is 1. The molecule has 0 atom stereocenters. The smallest absolute Gasteiger partial charge is 0.293 e. The van der Waals surface area contributed by atoms with E-state index in [4.69, 9.17) is 0 Å². The van der Waals surface area contributed by atoms with Crippen molar-refractivity contribution >= 4 is 5.91 Å². The van der Waals surface area contributed by atoms with Crippen LogP contribution in [0.25, 0.3) is 5.69 Å². The van der Waals surface area contributed by atoms with Crippen molar-refractivity contribution in [1.29, 1.82) is 0 Å². The first-order valence-electron chi connectivity index (χ1n) is 10.1. The van der Waals surface area contributed by atoms with Gasteiger partial charge in [0.1, 0.15) is 17.3 Å². The molecule has 1 aliphatic rings. The van der Waals surface area contributed by atoms with Crippen molar-refractivity contribution in [3.63, 3.8) is 0 Å². The van der Waals surface area contributed by atoms with Crippen LogP contribution in [-0.4, -0.2) is 43.6 Å². The molecule has 1 saturated heterocycles. The minimum absolute atomic E-state index is 0.152. The third-order valence-electron chi connectivity index (χ3n) is 5.09. The van der Waals surface area contributed by atoms with E-state index in [2.05, 4.69) is 26.9 Å². The lowest BCUT2D eigenvalue weighted by Gasteiger charge is -2.27. The molecule has 1 aromatic carbocycles. The van der Waals surface area contributed by atoms with E-state index in [0.717, 1.165) is 24.2 Å². The first-order chi connectivity index (χ1) is 15.0. The van der Waals surface area contributed by atoms with Crippen molar-refractivity contribution in [3.8, 4) is 17.5 Å². The van der Waals surface area contributed by atoms with Gasteiger partial charge in [0.25, 0.3) is 5.91 Å². The van der Waals surface area contributed by atoms with Crippen LogP contribution in [0.3, 0.4) is 0 Å². The van der Waals surface area contributed by atoms with E-state index in [-0.39, 0.29) is 17.5 Å². The largest absolute Gasteiger partial charge is 0.335 e. The number of carbonyl (C=O) groups is 1. The highest BCUT2D eigenvalue weighted by molar-refractivity contribution is 5.90. The van der Waals surface area contributed by atoms with Gasteiger partial charge in [-0.25, -0.2) is 19.0 Å². The van der Waals surface area contributed by atoms with Crippen molar-refractivity contribution in [3.05, 3.63) is 83.0 Å². The number of aryl methyl sites for hydroxylation is 2. The van der Waals surface area contributed by atoms with Gasteiger partial charge in [0.2, 0.25) is 5.82 Å². The second-order valence-electron chi connectivity index (χ2n) is 7.40. The van der Waals surface area contributed by atoms with Gasteiger partial charge in [0.15, 0.2) is 0 Å². The molecule has 156 valence electrons. The molecule has 2 aromatic heterocycles. The standard InChI is InChI=1S/C24H22FN5O/c1-17-5-3-7-21(26-17)8-4-6-19-13-15-29(16-14-19)24(31)23-27-18(2)30(28-23)22-11-9-20(25)10-12-22/h3,5-7,9-12H,13-16H2,1-2H3. The minimum atomic E-state index is -0.324. The van der Waals surface area contributed by atoms with Gasteiger partial charge in [-0.2, -0.15) is 0 Å². The lowest BCUT2D eigenvalue weighted by Crippen LogP contribution is -2.37. The van der Waals surface area contributed by atoms with E-state index < -0.39 is 0 Å². The summed E-state index contributed by atoms with van der Waals surface area (Å²) in [6.45, 7) is 4.90. The Balaban J connectivity index is 1.40. The van der Waals surface area contributed by atoms with Crippen LogP contribution in [0.15, 0.2) is 54.1 Å². The molecule has 6 nitrogen and oxygen atoms in total. The number of allylic oxidation sites excluding steroid dienone is 1. The van der Waals surface area contributed by atoms with E-state index in [1.807, 2.05) is 31.2 Å². The predicted octanol–water partition coefficient (Wildman–Crippen LogP) is 3.63. The highest BCUT2D eigenvalue weighted by Gasteiger charge is 2.24. The SMILES string of the molecule is Cc1cccc(C#CC=C2CCN(C(=O)c3nc(C)n(-c4ccc(F)cc4)n3)CC2)n1. The van der Waals surface area contributed by atoms with Gasteiger partial charge < -0.3 is 4.90 Å². The molecule has 1 aliphatic heterocycles. The maximum absolute atomic E-state index is 13.2. The van der Waals surface area contributed by atoms with Crippen LogP contribution in [0, 0.1) is 31.5 Å². The fourth-order valence-electron chi connectivity index (χ4n) is 3.42. The molecule has 0 aliphatic carbocycles. The van der Waals surface area contributed by atoms with Gasteiger partial charge >= 0.3 is 0 Å². The maximum atomic E-state index is 13.2. The topological polar surface area (TPSA) is 63.9 Å². The molecule has 31 heavy (non-hydrogen) atoms. The predicted molar refractivity (Wildman–Crippen MR) is 115 cm³/mol. The van der Waals surface area contributed by atoms with Gasteiger partial charge in [0.05, 0.1) is 5.69 Å². The lowest BCUT2D eigenvalue weighted by molar-refractivity contribution is 0.0731. The van der Waals surface area contributed by atoms with Gasteiger partial charge in [-0.05, 0) is 75.1 Å². The van der Waals surface area contributed by atoms with Crippen LogP contribution >= 0.6 is 0 Å². The number of hydrogen-bond acceptors (Lipinski definition) is 4. The molecule has 0 saturated carbocycles. The Morgan fingerprint density at radius 3 is 2.52 bits per heavy atom. The molecular formula is C24H22FN5O. The third-order valence-corrected chi connectivity index (χ3v) is 5.09. The monoisotopic (exact) mass is 415 g/mol. The fraction of sp³-hybridized carbons (Fsp3) is 0.250. The van der Waals surface area contributed by atoms with Crippen molar-refractivity contribution < 1.29 is 9.18 Å². The van der Waals surface area contributed by atoms with Crippen LogP contribution in [-0.2, 0) is 0 Å². The Bertz CT molecular complexity index is 1190. The van der Waals surface area contributed by atoms with E-state index >= 15 is 0 Å².